The molecular weight excluding hydrogens is 457 g/mol. The van der Waals surface area contributed by atoms with Crippen molar-refractivity contribution in [2.75, 3.05) is 10.6 Å². The molecule has 4 rings (SSSR count). The highest BCUT2D eigenvalue weighted by atomic mass is 32.1. The van der Waals surface area contributed by atoms with Gasteiger partial charge in [0.2, 0.25) is 0 Å². The van der Waals surface area contributed by atoms with Gasteiger partial charge in [0, 0.05) is 36.9 Å². The summed E-state index contributed by atoms with van der Waals surface area (Å²) in [4.78, 5) is 21.0. The van der Waals surface area contributed by atoms with E-state index in [9.17, 15) is 9.18 Å². The van der Waals surface area contributed by atoms with Crippen molar-refractivity contribution in [2.45, 2.75) is 33.1 Å². The van der Waals surface area contributed by atoms with Gasteiger partial charge in [-0.15, -0.1) is 0 Å². The van der Waals surface area contributed by atoms with Crippen LogP contribution in [-0.4, -0.2) is 30.2 Å². The Morgan fingerprint density at radius 1 is 1.12 bits per heavy atom. The molecule has 0 radical (unpaired) electrons. The molecule has 0 saturated carbocycles. The monoisotopic (exact) mass is 481 g/mol. The van der Waals surface area contributed by atoms with Crippen molar-refractivity contribution in [3.05, 3.63) is 59.9 Å². The Morgan fingerprint density at radius 3 is 2.53 bits per heavy atom. The molecule has 0 fully saturated rings. The van der Waals surface area contributed by atoms with E-state index in [1.54, 1.807) is 49.1 Å². The summed E-state index contributed by atoms with van der Waals surface area (Å²) < 4.78 is 26.2. The van der Waals surface area contributed by atoms with Gasteiger partial charge in [-0.3, -0.25) is 15.0 Å². The number of halogens is 1. The molecule has 3 aromatic heterocycles. The van der Waals surface area contributed by atoms with Gasteiger partial charge in [-0.1, -0.05) is 20.8 Å². The molecular formula is C23H24FN7O2S. The molecule has 2 amide bonds. The van der Waals surface area contributed by atoms with Crippen LogP contribution < -0.4 is 15.4 Å². The number of carbonyl (C=O) groups is 1. The van der Waals surface area contributed by atoms with Crippen molar-refractivity contribution in [3.8, 4) is 22.2 Å². The topological polar surface area (TPSA) is 107 Å². The summed E-state index contributed by atoms with van der Waals surface area (Å²) >= 11 is 1.24. The van der Waals surface area contributed by atoms with Gasteiger partial charge in [0.1, 0.15) is 34.7 Å². The zero-order valence-electron chi connectivity index (χ0n) is 19.4. The molecule has 0 saturated heterocycles. The van der Waals surface area contributed by atoms with Gasteiger partial charge in [0.25, 0.3) is 0 Å². The highest BCUT2D eigenvalue weighted by Crippen LogP contribution is 2.29. The molecule has 11 heteroatoms. The van der Waals surface area contributed by atoms with Gasteiger partial charge in [-0.2, -0.15) is 9.47 Å². The second-order valence-electron chi connectivity index (χ2n) is 8.63. The van der Waals surface area contributed by atoms with Crippen LogP contribution in [-0.2, 0) is 12.5 Å². The van der Waals surface area contributed by atoms with Crippen molar-refractivity contribution >= 4 is 29.1 Å². The molecule has 0 aliphatic heterocycles. The largest absolute Gasteiger partial charge is 0.457 e. The number of nitrogens with zero attached hydrogens (tertiary/aromatic N) is 5. The number of pyridine rings is 1. The van der Waals surface area contributed by atoms with Crippen LogP contribution in [0.25, 0.3) is 10.7 Å². The van der Waals surface area contributed by atoms with E-state index in [-0.39, 0.29) is 16.9 Å². The molecule has 176 valence electrons. The summed E-state index contributed by atoms with van der Waals surface area (Å²) in [6.45, 7) is 7.89. The highest BCUT2D eigenvalue weighted by molar-refractivity contribution is 7.09. The van der Waals surface area contributed by atoms with Crippen LogP contribution in [0.3, 0.4) is 0 Å². The third-order valence-electron chi connectivity index (χ3n) is 4.79. The van der Waals surface area contributed by atoms with Crippen LogP contribution in [0.1, 0.15) is 32.3 Å². The van der Waals surface area contributed by atoms with Gasteiger partial charge >= 0.3 is 6.03 Å². The number of nitrogens with one attached hydrogen (secondary N) is 2. The van der Waals surface area contributed by atoms with Crippen LogP contribution in [0.4, 0.5) is 20.7 Å². The third kappa shape index (κ3) is 5.37. The lowest BCUT2D eigenvalue weighted by atomic mass is 9.92. The predicted molar refractivity (Wildman–Crippen MR) is 129 cm³/mol. The third-order valence-corrected chi connectivity index (χ3v) is 5.62. The zero-order valence-corrected chi connectivity index (χ0v) is 20.2. The number of carbonyl (C=O) groups excluding carboxylic acids is 1. The average molecular weight is 482 g/mol. The lowest BCUT2D eigenvalue weighted by Gasteiger charge is -2.13. The molecule has 1 aromatic carbocycles. The maximum absolute atomic E-state index is 14.7. The standard InChI is InChI=1S/C23H24FN7O2S/c1-13-26-21(34-30-13)18-11-15(8-9-25-18)33-14-6-7-17(16(24)10-14)27-22(32)28-20-12-19(23(2,3)4)29-31(20)5/h6-12H,1-5H3,(H2,27,28,32). The van der Waals surface area contributed by atoms with E-state index in [1.807, 2.05) is 20.8 Å². The number of rotatable bonds is 5. The maximum Gasteiger partial charge on any atom is 0.324 e. The molecule has 0 bridgehead atoms. The van der Waals surface area contributed by atoms with E-state index in [4.69, 9.17) is 4.74 Å². The first-order chi connectivity index (χ1) is 16.1. The fourth-order valence-electron chi connectivity index (χ4n) is 3.01. The number of ether oxygens (including phenoxy) is 1. The lowest BCUT2D eigenvalue weighted by Crippen LogP contribution is -2.21. The van der Waals surface area contributed by atoms with Crippen molar-refractivity contribution < 1.29 is 13.9 Å². The minimum absolute atomic E-state index is 0.0165. The van der Waals surface area contributed by atoms with Crippen LogP contribution in [0.2, 0.25) is 0 Å². The summed E-state index contributed by atoms with van der Waals surface area (Å²) in [6.07, 6.45) is 1.58. The van der Waals surface area contributed by atoms with Crippen LogP contribution >= 0.6 is 11.5 Å². The van der Waals surface area contributed by atoms with E-state index < -0.39 is 11.8 Å². The number of benzene rings is 1. The number of urea groups is 1. The second-order valence-corrected chi connectivity index (χ2v) is 9.39. The molecule has 4 aromatic rings. The zero-order chi connectivity index (χ0) is 24.5. The van der Waals surface area contributed by atoms with Gasteiger partial charge in [-0.25, -0.2) is 14.2 Å². The molecule has 3 heterocycles. The summed E-state index contributed by atoms with van der Waals surface area (Å²) in [5.74, 6) is 1.28. The number of aromatic nitrogens is 5. The minimum atomic E-state index is -0.637. The Kier molecular flexibility index (Phi) is 6.29. The van der Waals surface area contributed by atoms with E-state index in [0.717, 1.165) is 5.69 Å². The number of hydrogen-bond donors (Lipinski definition) is 2. The Balaban J connectivity index is 1.43. The van der Waals surface area contributed by atoms with Gasteiger partial charge in [-0.05, 0) is 36.7 Å². The van der Waals surface area contributed by atoms with Crippen LogP contribution in [0, 0.1) is 12.7 Å². The fourth-order valence-corrected chi connectivity index (χ4v) is 3.65. The van der Waals surface area contributed by atoms with E-state index in [1.165, 1.54) is 23.7 Å². The van der Waals surface area contributed by atoms with Crippen molar-refractivity contribution in [2.24, 2.45) is 7.05 Å². The van der Waals surface area contributed by atoms with Gasteiger partial charge in [0.15, 0.2) is 5.01 Å². The first kappa shape index (κ1) is 23.3. The Hall–Kier alpha value is -3.86. The SMILES string of the molecule is Cc1nsc(-c2cc(Oc3ccc(NC(=O)Nc4cc(C(C)(C)C)nn4C)c(F)c3)ccn2)n1. The maximum atomic E-state index is 14.7. The molecule has 0 unspecified atom stereocenters. The summed E-state index contributed by atoms with van der Waals surface area (Å²) in [6, 6.07) is 8.78. The van der Waals surface area contributed by atoms with Gasteiger partial charge < -0.3 is 10.1 Å². The number of hydrogen-bond acceptors (Lipinski definition) is 7. The fraction of sp³-hybridized carbons (Fsp3) is 0.261. The molecule has 0 atom stereocenters. The molecule has 2 N–H and O–H groups in total. The van der Waals surface area contributed by atoms with Crippen LogP contribution in [0.5, 0.6) is 11.5 Å². The van der Waals surface area contributed by atoms with Gasteiger partial charge in [0.05, 0.1) is 11.4 Å². The molecule has 0 aliphatic carbocycles. The highest BCUT2D eigenvalue weighted by Gasteiger charge is 2.20. The summed E-state index contributed by atoms with van der Waals surface area (Å²) in [5.41, 5.74) is 1.30. The second kappa shape index (κ2) is 9.18. The Morgan fingerprint density at radius 2 is 1.88 bits per heavy atom. The summed E-state index contributed by atoms with van der Waals surface area (Å²) in [7, 11) is 1.73. The molecule has 34 heavy (non-hydrogen) atoms. The average Bonchev–Trinajstić information content (AvgIpc) is 3.36. The summed E-state index contributed by atoms with van der Waals surface area (Å²) in [5, 5.41) is 10.3. The smallest absolute Gasteiger partial charge is 0.324 e. The predicted octanol–water partition coefficient (Wildman–Crippen LogP) is 5.51. The lowest BCUT2D eigenvalue weighted by molar-refractivity contribution is 0.262. The number of anilines is 2. The van der Waals surface area contributed by atoms with Crippen molar-refractivity contribution in [1.82, 2.24) is 24.1 Å². The van der Waals surface area contributed by atoms with Crippen molar-refractivity contribution in [1.29, 1.82) is 0 Å². The number of amides is 2. The van der Waals surface area contributed by atoms with Crippen molar-refractivity contribution in [3.63, 3.8) is 0 Å². The van der Waals surface area contributed by atoms with E-state index in [2.05, 4.69) is 30.1 Å². The first-order valence-corrected chi connectivity index (χ1v) is 11.2. The Labute approximate surface area is 200 Å². The minimum Gasteiger partial charge on any atom is -0.457 e. The van der Waals surface area contributed by atoms with Crippen LogP contribution in [0.15, 0.2) is 42.6 Å². The van der Waals surface area contributed by atoms with E-state index in [0.29, 0.717) is 28.1 Å². The molecule has 0 aliphatic rings. The first-order valence-electron chi connectivity index (χ1n) is 10.4. The van der Waals surface area contributed by atoms with E-state index >= 15 is 0 Å². The Bertz CT molecular complexity index is 1340. The molecule has 9 nitrogen and oxygen atoms in total. The quantitative estimate of drug-likeness (QED) is 0.389. The normalized spacial score (nSPS) is 11.4. The number of aryl methyl sites for hydroxylation is 2. The molecule has 0 spiro atoms.